The van der Waals surface area contributed by atoms with Crippen LogP contribution in [0.3, 0.4) is 0 Å². The number of hydrogen-bond acceptors (Lipinski definition) is 4. The lowest BCUT2D eigenvalue weighted by Gasteiger charge is -2.34. The maximum Gasteiger partial charge on any atom is 0.353 e. The van der Waals surface area contributed by atoms with Crippen LogP contribution in [-0.4, -0.2) is 35.6 Å². The summed E-state index contributed by atoms with van der Waals surface area (Å²) in [6.45, 7) is 0. The summed E-state index contributed by atoms with van der Waals surface area (Å²) in [5.41, 5.74) is -0.214. The van der Waals surface area contributed by atoms with Gasteiger partial charge in [-0.15, -0.1) is 0 Å². The van der Waals surface area contributed by atoms with Crippen LogP contribution in [0.1, 0.15) is 32.1 Å². The fraction of sp³-hybridized carbons (Fsp3) is 0.800. The van der Waals surface area contributed by atoms with Crippen molar-refractivity contribution < 1.29 is 19.5 Å². The average Bonchev–Trinajstić information content (AvgIpc) is 2.64. The highest BCUT2D eigenvalue weighted by molar-refractivity contribution is 6.36. The van der Waals surface area contributed by atoms with Crippen molar-refractivity contribution in [2.24, 2.45) is 5.16 Å². The molecule has 5 nitrogen and oxygen atoms in total. The number of carboxylic acid groups (broad SMARTS) is 1. The lowest BCUT2D eigenvalue weighted by atomic mass is 9.80. The van der Waals surface area contributed by atoms with Crippen LogP contribution in [0.5, 0.6) is 0 Å². The molecule has 0 unspecified atom stereocenters. The number of nitrogens with zero attached hydrogens (tertiary/aromatic N) is 1. The zero-order valence-electron chi connectivity index (χ0n) is 8.73. The van der Waals surface area contributed by atoms with Crippen molar-refractivity contribution in [1.82, 2.24) is 0 Å². The summed E-state index contributed by atoms with van der Waals surface area (Å²) in [7, 11) is 1.71. The van der Waals surface area contributed by atoms with Crippen LogP contribution in [0.4, 0.5) is 0 Å². The molecule has 0 amide bonds. The molecule has 2 aliphatic rings. The monoisotopic (exact) mass is 213 g/mol. The van der Waals surface area contributed by atoms with E-state index in [1.54, 1.807) is 7.11 Å². The van der Waals surface area contributed by atoms with E-state index in [0.29, 0.717) is 6.42 Å². The minimum absolute atomic E-state index is 0.144. The Balaban J connectivity index is 1.94. The molecule has 1 spiro atoms. The molecule has 84 valence electrons. The first kappa shape index (κ1) is 10.4. The van der Waals surface area contributed by atoms with Gasteiger partial charge in [-0.3, -0.25) is 0 Å². The Hall–Kier alpha value is -1.10. The number of methoxy groups -OCH3 is 1. The summed E-state index contributed by atoms with van der Waals surface area (Å²) >= 11 is 0. The summed E-state index contributed by atoms with van der Waals surface area (Å²) in [6.07, 6.45) is 4.20. The normalized spacial score (nSPS) is 35.0. The summed E-state index contributed by atoms with van der Waals surface area (Å²) in [4.78, 5) is 16.0. The first-order chi connectivity index (χ1) is 7.15. The van der Waals surface area contributed by atoms with Gasteiger partial charge in [0, 0.05) is 13.5 Å². The van der Waals surface area contributed by atoms with Crippen LogP contribution >= 0.6 is 0 Å². The third-order valence-corrected chi connectivity index (χ3v) is 3.26. The maximum atomic E-state index is 10.7. The molecule has 2 rings (SSSR count). The Labute approximate surface area is 88.0 Å². The van der Waals surface area contributed by atoms with Crippen LogP contribution in [0, 0.1) is 0 Å². The Bertz CT molecular complexity index is 292. The number of aliphatic carboxylic acids is 1. The Kier molecular flexibility index (Phi) is 2.65. The quantitative estimate of drug-likeness (QED) is 0.747. The van der Waals surface area contributed by atoms with Crippen LogP contribution in [0.25, 0.3) is 0 Å². The Morgan fingerprint density at radius 3 is 2.73 bits per heavy atom. The first-order valence-corrected chi connectivity index (χ1v) is 5.16. The summed E-state index contributed by atoms with van der Waals surface area (Å²) in [5.74, 6) is -0.972. The number of oxime groups is 1. The van der Waals surface area contributed by atoms with E-state index < -0.39 is 5.97 Å². The van der Waals surface area contributed by atoms with E-state index in [9.17, 15) is 4.79 Å². The lowest BCUT2D eigenvalue weighted by molar-refractivity contribution is -0.129. The molecule has 5 heteroatoms. The lowest BCUT2D eigenvalue weighted by Crippen LogP contribution is -2.37. The van der Waals surface area contributed by atoms with E-state index >= 15 is 0 Å². The van der Waals surface area contributed by atoms with Crippen molar-refractivity contribution in [2.75, 3.05) is 7.11 Å². The third kappa shape index (κ3) is 1.97. The molecule has 0 aromatic heterocycles. The van der Waals surface area contributed by atoms with E-state index in [0.717, 1.165) is 25.7 Å². The molecule has 0 aromatic rings. The van der Waals surface area contributed by atoms with Crippen molar-refractivity contribution in [3.63, 3.8) is 0 Å². The van der Waals surface area contributed by atoms with Gasteiger partial charge in [0.05, 0.1) is 6.10 Å². The molecule has 1 aliphatic heterocycles. The van der Waals surface area contributed by atoms with Gasteiger partial charge < -0.3 is 14.7 Å². The van der Waals surface area contributed by atoms with Gasteiger partial charge in [0.1, 0.15) is 5.60 Å². The SMILES string of the molecule is COC1CCC2(CC1)CC(C(=O)O)=NO2. The molecule has 15 heavy (non-hydrogen) atoms. The van der Waals surface area contributed by atoms with Crippen molar-refractivity contribution in [1.29, 1.82) is 0 Å². The predicted molar refractivity (Wildman–Crippen MR) is 52.8 cm³/mol. The van der Waals surface area contributed by atoms with Gasteiger partial charge in [-0.25, -0.2) is 4.79 Å². The van der Waals surface area contributed by atoms with Crippen LogP contribution in [0.2, 0.25) is 0 Å². The number of ether oxygens (including phenoxy) is 1. The average molecular weight is 213 g/mol. The van der Waals surface area contributed by atoms with Crippen LogP contribution in [0.15, 0.2) is 5.16 Å². The van der Waals surface area contributed by atoms with Crippen LogP contribution < -0.4 is 0 Å². The van der Waals surface area contributed by atoms with Crippen molar-refractivity contribution in [3.05, 3.63) is 0 Å². The van der Waals surface area contributed by atoms with Gasteiger partial charge in [0.25, 0.3) is 0 Å². The summed E-state index contributed by atoms with van der Waals surface area (Å²) < 4.78 is 5.26. The molecule has 0 radical (unpaired) electrons. The van der Waals surface area contributed by atoms with Gasteiger partial charge in [0.15, 0.2) is 5.71 Å². The van der Waals surface area contributed by atoms with Crippen molar-refractivity contribution >= 4 is 11.7 Å². The van der Waals surface area contributed by atoms with Crippen molar-refractivity contribution in [3.8, 4) is 0 Å². The maximum absolute atomic E-state index is 10.7. The zero-order chi connectivity index (χ0) is 10.9. The van der Waals surface area contributed by atoms with Crippen molar-refractivity contribution in [2.45, 2.75) is 43.8 Å². The molecule has 0 aromatic carbocycles. The molecular weight excluding hydrogens is 198 g/mol. The third-order valence-electron chi connectivity index (χ3n) is 3.26. The smallest absolute Gasteiger partial charge is 0.353 e. The molecular formula is C10H15NO4. The molecule has 1 heterocycles. The summed E-state index contributed by atoms with van der Waals surface area (Å²) in [6, 6.07) is 0. The zero-order valence-corrected chi connectivity index (χ0v) is 8.73. The van der Waals surface area contributed by atoms with E-state index in [2.05, 4.69) is 5.16 Å². The molecule has 1 saturated carbocycles. The van der Waals surface area contributed by atoms with Crippen LogP contribution in [-0.2, 0) is 14.4 Å². The number of carboxylic acids is 1. The minimum atomic E-state index is -0.972. The first-order valence-electron chi connectivity index (χ1n) is 5.16. The minimum Gasteiger partial charge on any atom is -0.477 e. The fourth-order valence-corrected chi connectivity index (χ4v) is 2.26. The van der Waals surface area contributed by atoms with Gasteiger partial charge in [-0.05, 0) is 25.7 Å². The second-order valence-electron chi connectivity index (χ2n) is 4.23. The highest BCUT2D eigenvalue weighted by Gasteiger charge is 2.44. The standard InChI is InChI=1S/C10H15NO4/c1-14-7-2-4-10(5-3-7)6-8(9(12)13)11-15-10/h7H,2-6H2,1H3,(H,12,13). The van der Waals surface area contributed by atoms with Gasteiger partial charge in [-0.2, -0.15) is 0 Å². The number of carbonyl (C=O) groups is 1. The molecule has 0 saturated heterocycles. The molecule has 0 bridgehead atoms. The van der Waals surface area contributed by atoms with Gasteiger partial charge >= 0.3 is 5.97 Å². The van der Waals surface area contributed by atoms with E-state index in [4.69, 9.17) is 14.7 Å². The van der Waals surface area contributed by atoms with E-state index in [1.807, 2.05) is 0 Å². The predicted octanol–water partition coefficient (Wildman–Crippen LogP) is 1.18. The molecule has 0 atom stereocenters. The Morgan fingerprint density at radius 2 is 2.27 bits per heavy atom. The van der Waals surface area contributed by atoms with Gasteiger partial charge in [0.2, 0.25) is 0 Å². The highest BCUT2D eigenvalue weighted by atomic mass is 16.7. The molecule has 1 N–H and O–H groups in total. The second kappa shape index (κ2) is 3.81. The van der Waals surface area contributed by atoms with E-state index in [-0.39, 0.29) is 17.4 Å². The second-order valence-corrected chi connectivity index (χ2v) is 4.23. The fourth-order valence-electron chi connectivity index (χ4n) is 2.26. The highest BCUT2D eigenvalue weighted by Crippen LogP contribution is 2.39. The van der Waals surface area contributed by atoms with Gasteiger partial charge in [-0.1, -0.05) is 5.16 Å². The largest absolute Gasteiger partial charge is 0.477 e. The number of hydrogen-bond donors (Lipinski definition) is 1. The summed E-state index contributed by atoms with van der Waals surface area (Å²) in [5, 5.41) is 12.4. The number of rotatable bonds is 2. The topological polar surface area (TPSA) is 68.1 Å². The Morgan fingerprint density at radius 1 is 1.60 bits per heavy atom. The van der Waals surface area contributed by atoms with E-state index in [1.165, 1.54) is 0 Å². The molecule has 1 fully saturated rings. The molecule has 1 aliphatic carbocycles.